The molecule has 1 amide bonds. The molecule has 3 N–H and O–H groups in total. The molecule has 22 heavy (non-hydrogen) atoms. The molecule has 0 spiro atoms. The molecule has 0 rings (SSSR count). The zero-order chi connectivity index (χ0) is 16.5. The molecule has 0 fully saturated rings. The highest BCUT2D eigenvalue weighted by Gasteiger charge is 2.06. The van der Waals surface area contributed by atoms with Gasteiger partial charge in [-0.15, -0.1) is 0 Å². The lowest BCUT2D eigenvalue weighted by atomic mass is 10.1. The van der Waals surface area contributed by atoms with Crippen LogP contribution in [0.3, 0.4) is 0 Å². The summed E-state index contributed by atoms with van der Waals surface area (Å²) in [6.07, 6.45) is 12.2. The van der Waals surface area contributed by atoms with Crippen LogP contribution in [0.25, 0.3) is 0 Å². The SMILES string of the molecule is CCCCCCCCCCCCOCC(O)CNC(=O)CO. The van der Waals surface area contributed by atoms with Gasteiger partial charge >= 0.3 is 0 Å². The van der Waals surface area contributed by atoms with Crippen LogP contribution in [-0.2, 0) is 9.53 Å². The first-order valence-electron chi connectivity index (χ1n) is 8.84. The topological polar surface area (TPSA) is 78.8 Å². The lowest BCUT2D eigenvalue weighted by Gasteiger charge is -2.11. The van der Waals surface area contributed by atoms with Crippen molar-refractivity contribution < 1.29 is 19.7 Å². The number of ether oxygens (including phenoxy) is 1. The first-order chi connectivity index (χ1) is 10.7. The van der Waals surface area contributed by atoms with Gasteiger partial charge in [0.05, 0.1) is 12.7 Å². The largest absolute Gasteiger partial charge is 0.389 e. The molecule has 0 saturated heterocycles. The van der Waals surface area contributed by atoms with E-state index in [0.717, 1.165) is 6.42 Å². The molecule has 5 heteroatoms. The lowest BCUT2D eigenvalue weighted by molar-refractivity contribution is -0.124. The summed E-state index contributed by atoms with van der Waals surface area (Å²) in [5.41, 5.74) is 0. The molecular formula is C17H35NO4. The Bertz CT molecular complexity index is 249. The predicted molar refractivity (Wildman–Crippen MR) is 88.8 cm³/mol. The Balaban J connectivity index is 3.15. The Labute approximate surface area is 135 Å². The van der Waals surface area contributed by atoms with Crippen LogP contribution in [0.15, 0.2) is 0 Å². The number of hydrogen-bond donors (Lipinski definition) is 3. The van der Waals surface area contributed by atoms with Gasteiger partial charge in [0.25, 0.3) is 0 Å². The molecule has 0 aromatic rings. The second-order valence-electron chi connectivity index (χ2n) is 5.87. The molecule has 0 aliphatic heterocycles. The van der Waals surface area contributed by atoms with Crippen molar-refractivity contribution in [3.05, 3.63) is 0 Å². The number of carbonyl (C=O) groups excluding carboxylic acids is 1. The van der Waals surface area contributed by atoms with Crippen molar-refractivity contribution in [1.29, 1.82) is 0 Å². The number of unbranched alkanes of at least 4 members (excludes halogenated alkanes) is 9. The number of nitrogens with one attached hydrogen (secondary N) is 1. The fraction of sp³-hybridized carbons (Fsp3) is 0.941. The van der Waals surface area contributed by atoms with Crippen LogP contribution in [0.5, 0.6) is 0 Å². The Kier molecular flexibility index (Phi) is 16.2. The third-order valence-electron chi connectivity index (χ3n) is 3.63. The lowest BCUT2D eigenvalue weighted by Crippen LogP contribution is -2.36. The predicted octanol–water partition coefficient (Wildman–Crippen LogP) is 2.39. The highest BCUT2D eigenvalue weighted by atomic mass is 16.5. The van der Waals surface area contributed by atoms with E-state index in [1.807, 2.05) is 0 Å². The number of hydrogen-bond acceptors (Lipinski definition) is 4. The molecule has 0 saturated carbocycles. The van der Waals surface area contributed by atoms with E-state index in [0.29, 0.717) is 6.61 Å². The third-order valence-corrected chi connectivity index (χ3v) is 3.63. The van der Waals surface area contributed by atoms with Gasteiger partial charge in [-0.1, -0.05) is 64.7 Å². The van der Waals surface area contributed by atoms with Crippen molar-refractivity contribution in [3.63, 3.8) is 0 Å². The maximum absolute atomic E-state index is 10.8. The Hall–Kier alpha value is -0.650. The van der Waals surface area contributed by atoms with Crippen molar-refractivity contribution in [2.24, 2.45) is 0 Å². The van der Waals surface area contributed by atoms with Gasteiger partial charge in [0.15, 0.2) is 0 Å². The van der Waals surface area contributed by atoms with Gasteiger partial charge in [-0.3, -0.25) is 4.79 Å². The summed E-state index contributed by atoms with van der Waals surface area (Å²) in [5.74, 6) is -0.478. The van der Waals surface area contributed by atoms with Crippen LogP contribution in [-0.4, -0.2) is 48.6 Å². The van der Waals surface area contributed by atoms with Crippen molar-refractivity contribution in [2.45, 2.75) is 77.2 Å². The van der Waals surface area contributed by atoms with Gasteiger partial charge in [-0.05, 0) is 6.42 Å². The highest BCUT2D eigenvalue weighted by Crippen LogP contribution is 2.10. The van der Waals surface area contributed by atoms with E-state index < -0.39 is 18.6 Å². The Morgan fingerprint density at radius 3 is 2.09 bits per heavy atom. The van der Waals surface area contributed by atoms with Gasteiger partial charge in [0.2, 0.25) is 5.91 Å². The standard InChI is InChI=1S/C17H35NO4/c1-2-3-4-5-6-7-8-9-10-11-12-22-15-16(20)13-18-17(21)14-19/h16,19-20H,2-15H2,1H3,(H,18,21). The van der Waals surface area contributed by atoms with Gasteiger partial charge in [0, 0.05) is 13.2 Å². The van der Waals surface area contributed by atoms with E-state index in [1.165, 1.54) is 57.8 Å². The number of rotatable bonds is 16. The van der Waals surface area contributed by atoms with Crippen LogP contribution < -0.4 is 5.32 Å². The monoisotopic (exact) mass is 317 g/mol. The molecule has 0 heterocycles. The molecule has 0 aromatic heterocycles. The quantitative estimate of drug-likeness (QED) is 0.382. The average molecular weight is 317 g/mol. The van der Waals surface area contributed by atoms with E-state index in [1.54, 1.807) is 0 Å². The van der Waals surface area contributed by atoms with E-state index >= 15 is 0 Å². The third kappa shape index (κ3) is 15.7. The van der Waals surface area contributed by atoms with Crippen molar-refractivity contribution >= 4 is 5.91 Å². The molecule has 1 unspecified atom stereocenters. The average Bonchev–Trinajstić information content (AvgIpc) is 2.53. The summed E-state index contributed by atoms with van der Waals surface area (Å²) in [4.78, 5) is 10.8. The first-order valence-corrected chi connectivity index (χ1v) is 8.84. The smallest absolute Gasteiger partial charge is 0.245 e. The molecule has 5 nitrogen and oxygen atoms in total. The van der Waals surface area contributed by atoms with Crippen molar-refractivity contribution in [2.75, 3.05) is 26.4 Å². The first kappa shape index (κ1) is 21.4. The Morgan fingerprint density at radius 2 is 1.55 bits per heavy atom. The summed E-state index contributed by atoms with van der Waals surface area (Å²) >= 11 is 0. The summed E-state index contributed by atoms with van der Waals surface area (Å²) < 4.78 is 5.37. The van der Waals surface area contributed by atoms with Gasteiger partial charge in [0.1, 0.15) is 6.61 Å². The van der Waals surface area contributed by atoms with Crippen LogP contribution in [0.2, 0.25) is 0 Å². The van der Waals surface area contributed by atoms with E-state index in [-0.39, 0.29) is 13.2 Å². The van der Waals surface area contributed by atoms with E-state index in [9.17, 15) is 9.90 Å². The van der Waals surface area contributed by atoms with Gasteiger partial charge < -0.3 is 20.3 Å². The number of aliphatic hydroxyl groups excluding tert-OH is 2. The van der Waals surface area contributed by atoms with E-state index in [2.05, 4.69) is 12.2 Å². The Morgan fingerprint density at radius 1 is 1.00 bits per heavy atom. The minimum Gasteiger partial charge on any atom is -0.389 e. The summed E-state index contributed by atoms with van der Waals surface area (Å²) in [6, 6.07) is 0. The molecule has 0 radical (unpaired) electrons. The molecule has 132 valence electrons. The normalized spacial score (nSPS) is 12.3. The molecule has 1 atom stereocenters. The second-order valence-corrected chi connectivity index (χ2v) is 5.87. The summed E-state index contributed by atoms with van der Waals surface area (Å²) in [7, 11) is 0. The maximum Gasteiger partial charge on any atom is 0.245 e. The van der Waals surface area contributed by atoms with Crippen LogP contribution in [0.1, 0.15) is 71.1 Å². The zero-order valence-electron chi connectivity index (χ0n) is 14.2. The van der Waals surface area contributed by atoms with E-state index in [4.69, 9.17) is 9.84 Å². The van der Waals surface area contributed by atoms with Gasteiger partial charge in [-0.2, -0.15) is 0 Å². The van der Waals surface area contributed by atoms with Crippen molar-refractivity contribution in [3.8, 4) is 0 Å². The maximum atomic E-state index is 10.8. The molecule has 0 bridgehead atoms. The van der Waals surface area contributed by atoms with Crippen LogP contribution >= 0.6 is 0 Å². The van der Waals surface area contributed by atoms with Gasteiger partial charge in [-0.25, -0.2) is 0 Å². The van der Waals surface area contributed by atoms with Crippen LogP contribution in [0, 0.1) is 0 Å². The molecule has 0 aliphatic carbocycles. The molecule has 0 aliphatic rings. The fourth-order valence-corrected chi connectivity index (χ4v) is 2.26. The summed E-state index contributed by atoms with van der Waals surface area (Å²) in [5, 5.41) is 20.5. The summed E-state index contributed by atoms with van der Waals surface area (Å²) in [6.45, 7) is 2.69. The number of carbonyl (C=O) groups is 1. The number of amides is 1. The highest BCUT2D eigenvalue weighted by molar-refractivity contribution is 5.76. The van der Waals surface area contributed by atoms with Crippen molar-refractivity contribution in [1.82, 2.24) is 5.32 Å². The fourth-order valence-electron chi connectivity index (χ4n) is 2.26. The zero-order valence-corrected chi connectivity index (χ0v) is 14.2. The minimum atomic E-state index is -0.710. The molecule has 0 aromatic carbocycles. The second kappa shape index (κ2) is 16.7. The number of aliphatic hydroxyl groups is 2. The van der Waals surface area contributed by atoms with Crippen LogP contribution in [0.4, 0.5) is 0 Å². The minimum absolute atomic E-state index is 0.122. The molecular weight excluding hydrogens is 282 g/mol.